The Labute approximate surface area is 187 Å². The molecule has 1 spiro atoms. The van der Waals surface area contributed by atoms with Crippen molar-refractivity contribution in [2.75, 3.05) is 5.32 Å². The maximum Gasteiger partial charge on any atom is 0.246 e. The van der Waals surface area contributed by atoms with E-state index in [-0.39, 0.29) is 29.8 Å². The molecule has 3 heterocycles. The molecule has 2 aliphatic carbocycles. The second kappa shape index (κ2) is 7.17. The molecule has 2 N–H and O–H groups in total. The van der Waals surface area contributed by atoms with Gasteiger partial charge in [-0.05, 0) is 44.2 Å². The van der Waals surface area contributed by atoms with Gasteiger partial charge in [0.15, 0.2) is 0 Å². The molecule has 1 aromatic rings. The summed E-state index contributed by atoms with van der Waals surface area (Å²) in [6, 6.07) is 7.12. The first-order valence-electron chi connectivity index (χ1n) is 11.9. The Morgan fingerprint density at radius 1 is 1.09 bits per heavy atom. The maximum absolute atomic E-state index is 13.7. The molecule has 168 valence electrons. The van der Waals surface area contributed by atoms with E-state index in [1.165, 1.54) is 0 Å². The zero-order valence-electron chi connectivity index (χ0n) is 18.3. The standard InChI is InChI=1S/C25H29N3O4/c1-14-6-2-5-9-17(14)27-22(29)19-18-12-13-25(32-18)20(19)24(31)28(16-10-11-16)21(25)23(30)26-15-7-3-4-8-15/h2,5-6,9,12-13,15-16,18-21H,3-4,7-8,10-11H2,1H3,(H,26,30)(H,27,29)/t18-,19-,20-,21+,25-/m0/s1. The van der Waals surface area contributed by atoms with Gasteiger partial charge in [-0.1, -0.05) is 43.2 Å². The van der Waals surface area contributed by atoms with E-state index >= 15 is 0 Å². The number of carbonyl (C=O) groups excluding carboxylic acids is 3. The third-order valence-corrected chi connectivity index (χ3v) is 7.91. The molecule has 7 nitrogen and oxygen atoms in total. The minimum absolute atomic E-state index is 0.0675. The molecule has 1 aromatic carbocycles. The van der Waals surface area contributed by atoms with E-state index in [4.69, 9.17) is 4.74 Å². The number of aryl methyl sites for hydroxylation is 1. The van der Waals surface area contributed by atoms with Crippen LogP contribution in [0, 0.1) is 18.8 Å². The first-order chi connectivity index (χ1) is 15.5. The molecule has 0 radical (unpaired) electrons. The van der Waals surface area contributed by atoms with Gasteiger partial charge >= 0.3 is 0 Å². The Morgan fingerprint density at radius 3 is 2.56 bits per heavy atom. The van der Waals surface area contributed by atoms with Crippen LogP contribution in [0.2, 0.25) is 0 Å². The van der Waals surface area contributed by atoms with Crippen molar-refractivity contribution in [2.24, 2.45) is 11.8 Å². The lowest BCUT2D eigenvalue weighted by Crippen LogP contribution is -2.56. The van der Waals surface area contributed by atoms with Crippen LogP contribution in [-0.4, -0.2) is 52.5 Å². The summed E-state index contributed by atoms with van der Waals surface area (Å²) >= 11 is 0. The molecule has 32 heavy (non-hydrogen) atoms. The zero-order valence-corrected chi connectivity index (χ0v) is 18.3. The fraction of sp³-hybridized carbons (Fsp3) is 0.560. The summed E-state index contributed by atoms with van der Waals surface area (Å²) in [4.78, 5) is 42.3. The number of amides is 3. The number of carbonyl (C=O) groups is 3. The summed E-state index contributed by atoms with van der Waals surface area (Å²) in [6.07, 6.45) is 9.26. The number of anilines is 1. The van der Waals surface area contributed by atoms with Crippen LogP contribution >= 0.6 is 0 Å². The Bertz CT molecular complexity index is 1010. The van der Waals surface area contributed by atoms with Crippen molar-refractivity contribution < 1.29 is 19.1 Å². The maximum atomic E-state index is 13.7. The first-order valence-corrected chi connectivity index (χ1v) is 11.9. The summed E-state index contributed by atoms with van der Waals surface area (Å²) in [5.74, 6) is -1.78. The molecule has 2 bridgehead atoms. The fourth-order valence-electron chi connectivity index (χ4n) is 6.23. The number of likely N-dealkylation sites (tertiary alicyclic amines) is 1. The van der Waals surface area contributed by atoms with Crippen LogP contribution in [0.15, 0.2) is 36.4 Å². The molecular weight excluding hydrogens is 406 g/mol. The molecule has 2 saturated carbocycles. The van der Waals surface area contributed by atoms with Crippen molar-refractivity contribution >= 4 is 23.4 Å². The molecule has 2 saturated heterocycles. The van der Waals surface area contributed by atoms with E-state index in [0.29, 0.717) is 0 Å². The number of benzene rings is 1. The fourth-order valence-corrected chi connectivity index (χ4v) is 6.23. The normalized spacial score (nSPS) is 35.4. The summed E-state index contributed by atoms with van der Waals surface area (Å²) in [5.41, 5.74) is 0.639. The zero-order chi connectivity index (χ0) is 22.0. The van der Waals surface area contributed by atoms with Gasteiger partial charge in [-0.25, -0.2) is 0 Å². The van der Waals surface area contributed by atoms with Gasteiger partial charge in [0.1, 0.15) is 11.6 Å². The average Bonchev–Trinajstić information content (AvgIpc) is 3.12. The number of hydrogen-bond acceptors (Lipinski definition) is 4. The number of nitrogens with zero attached hydrogens (tertiary/aromatic N) is 1. The monoisotopic (exact) mass is 435 g/mol. The van der Waals surface area contributed by atoms with E-state index in [2.05, 4.69) is 10.6 Å². The average molecular weight is 436 g/mol. The van der Waals surface area contributed by atoms with Crippen LogP contribution < -0.4 is 10.6 Å². The Morgan fingerprint density at radius 2 is 1.84 bits per heavy atom. The number of para-hydroxylation sites is 1. The summed E-state index contributed by atoms with van der Waals surface area (Å²) < 4.78 is 6.37. The lowest BCUT2D eigenvalue weighted by Gasteiger charge is -2.33. The lowest BCUT2D eigenvalue weighted by atomic mass is 9.74. The molecule has 5 atom stereocenters. The highest BCUT2D eigenvalue weighted by molar-refractivity contribution is 6.03. The molecule has 4 fully saturated rings. The minimum atomic E-state index is -1.05. The van der Waals surface area contributed by atoms with Gasteiger partial charge in [-0.15, -0.1) is 0 Å². The van der Waals surface area contributed by atoms with Gasteiger partial charge in [-0.3, -0.25) is 14.4 Å². The van der Waals surface area contributed by atoms with Crippen molar-refractivity contribution in [1.82, 2.24) is 10.2 Å². The number of ether oxygens (including phenoxy) is 1. The van der Waals surface area contributed by atoms with E-state index < -0.39 is 29.6 Å². The SMILES string of the molecule is Cc1ccccc1NC(=O)[C@H]1[C@@H]2C=C[C@]3(O2)[C@@H]1C(=O)N(C1CC1)[C@@H]3C(=O)NC1CCCC1. The number of hydrogen-bond donors (Lipinski definition) is 2. The third-order valence-electron chi connectivity index (χ3n) is 7.91. The van der Waals surface area contributed by atoms with E-state index in [1.807, 2.05) is 43.3 Å². The molecule has 0 aromatic heterocycles. The van der Waals surface area contributed by atoms with Crippen LogP contribution in [0.5, 0.6) is 0 Å². The molecule has 0 unspecified atom stereocenters. The Balaban J connectivity index is 1.31. The van der Waals surface area contributed by atoms with Gasteiger partial charge in [0.2, 0.25) is 17.7 Å². The van der Waals surface area contributed by atoms with Crippen LogP contribution in [0.25, 0.3) is 0 Å². The topological polar surface area (TPSA) is 87.7 Å². The van der Waals surface area contributed by atoms with Crippen molar-refractivity contribution in [3.63, 3.8) is 0 Å². The second-order valence-corrected chi connectivity index (χ2v) is 9.97. The van der Waals surface area contributed by atoms with E-state index in [0.717, 1.165) is 49.8 Å². The van der Waals surface area contributed by atoms with Crippen molar-refractivity contribution in [3.8, 4) is 0 Å². The minimum Gasteiger partial charge on any atom is -0.359 e. The molecule has 7 heteroatoms. The molecule has 3 amide bonds. The van der Waals surface area contributed by atoms with E-state index in [1.54, 1.807) is 4.90 Å². The highest BCUT2D eigenvalue weighted by Crippen LogP contribution is 2.57. The van der Waals surface area contributed by atoms with Crippen molar-refractivity contribution in [3.05, 3.63) is 42.0 Å². The van der Waals surface area contributed by atoms with Crippen molar-refractivity contribution in [2.45, 2.75) is 75.3 Å². The van der Waals surface area contributed by atoms with Crippen LogP contribution in [0.1, 0.15) is 44.1 Å². The second-order valence-electron chi connectivity index (χ2n) is 9.97. The number of rotatable bonds is 5. The van der Waals surface area contributed by atoms with Gasteiger partial charge < -0.3 is 20.3 Å². The predicted molar refractivity (Wildman–Crippen MR) is 118 cm³/mol. The summed E-state index contributed by atoms with van der Waals surface area (Å²) in [7, 11) is 0. The Hall–Kier alpha value is -2.67. The third kappa shape index (κ3) is 2.86. The lowest BCUT2D eigenvalue weighted by molar-refractivity contribution is -0.142. The smallest absolute Gasteiger partial charge is 0.246 e. The largest absolute Gasteiger partial charge is 0.359 e. The van der Waals surface area contributed by atoms with Gasteiger partial charge in [0.25, 0.3) is 0 Å². The first kappa shape index (κ1) is 20.0. The quantitative estimate of drug-likeness (QED) is 0.695. The summed E-state index contributed by atoms with van der Waals surface area (Å²) in [5, 5.41) is 6.19. The molecule has 5 aliphatic rings. The van der Waals surface area contributed by atoms with Crippen molar-refractivity contribution in [1.29, 1.82) is 0 Å². The van der Waals surface area contributed by atoms with Crippen LogP contribution in [0.4, 0.5) is 5.69 Å². The highest BCUT2D eigenvalue weighted by Gasteiger charge is 2.74. The Kier molecular flexibility index (Phi) is 4.47. The predicted octanol–water partition coefficient (Wildman–Crippen LogP) is 2.31. The van der Waals surface area contributed by atoms with Gasteiger partial charge in [-0.2, -0.15) is 0 Å². The van der Waals surface area contributed by atoms with Crippen LogP contribution in [-0.2, 0) is 19.1 Å². The molecule has 3 aliphatic heterocycles. The van der Waals surface area contributed by atoms with Gasteiger partial charge in [0, 0.05) is 17.8 Å². The van der Waals surface area contributed by atoms with Gasteiger partial charge in [0.05, 0.1) is 17.9 Å². The number of fused-ring (bicyclic) bond motifs is 1. The molecule has 6 rings (SSSR count). The summed E-state index contributed by atoms with van der Waals surface area (Å²) in [6.45, 7) is 1.94. The van der Waals surface area contributed by atoms with Crippen LogP contribution in [0.3, 0.4) is 0 Å². The van der Waals surface area contributed by atoms with E-state index in [9.17, 15) is 14.4 Å². The number of nitrogens with one attached hydrogen (secondary N) is 2. The highest BCUT2D eigenvalue weighted by atomic mass is 16.5. The molecular formula is C25H29N3O4.